The summed E-state index contributed by atoms with van der Waals surface area (Å²) in [5.41, 5.74) is 2.64. The number of carbonyl (C=O) groups excluding carboxylic acids is 2. The number of H-pyrrole nitrogens is 1. The Morgan fingerprint density at radius 3 is 2.19 bits per heavy atom. The molecule has 278 valence electrons. The van der Waals surface area contributed by atoms with E-state index >= 15 is 0 Å². The zero-order valence-corrected chi connectivity index (χ0v) is 27.2. The zero-order chi connectivity index (χ0) is 38.9. The summed E-state index contributed by atoms with van der Waals surface area (Å²) in [5, 5.41) is 6.86. The zero-order valence-electron chi connectivity index (χ0n) is 27.2. The Kier molecular flexibility index (Phi) is 8.34. The molecule has 0 saturated carbocycles. The van der Waals surface area contributed by atoms with E-state index in [2.05, 4.69) is 15.2 Å². The molecule has 54 heavy (non-hydrogen) atoms. The van der Waals surface area contributed by atoms with Crippen LogP contribution in [0.2, 0.25) is 0 Å². The number of hydrogen-bond donors (Lipinski definition) is 2. The highest BCUT2D eigenvalue weighted by atomic mass is 19.4. The number of hydrogen-bond acceptors (Lipinski definition) is 7. The van der Waals surface area contributed by atoms with E-state index < -0.39 is 65.3 Å². The maximum atomic E-state index is 14.5. The fourth-order valence-corrected chi connectivity index (χ4v) is 6.19. The average molecular weight is 759 g/mol. The summed E-state index contributed by atoms with van der Waals surface area (Å²) in [7, 11) is 0. The highest BCUT2D eigenvalue weighted by Crippen LogP contribution is 2.46. The molecule has 1 atom stereocenters. The van der Waals surface area contributed by atoms with Gasteiger partial charge in [-0.1, -0.05) is 18.2 Å². The van der Waals surface area contributed by atoms with E-state index in [1.54, 1.807) is 0 Å². The lowest BCUT2D eigenvalue weighted by Crippen LogP contribution is -2.38. The van der Waals surface area contributed by atoms with Crippen LogP contribution in [0.5, 0.6) is 11.5 Å². The van der Waals surface area contributed by atoms with E-state index in [1.807, 2.05) is 0 Å². The van der Waals surface area contributed by atoms with Crippen LogP contribution in [0.15, 0.2) is 88.2 Å². The minimum atomic E-state index is -5.12. The molecule has 4 heterocycles. The van der Waals surface area contributed by atoms with Gasteiger partial charge in [0, 0.05) is 29.8 Å². The van der Waals surface area contributed by atoms with E-state index in [-0.39, 0.29) is 62.4 Å². The molecule has 0 unspecified atom stereocenters. The van der Waals surface area contributed by atoms with Crippen LogP contribution in [-0.4, -0.2) is 48.9 Å². The predicted octanol–water partition coefficient (Wildman–Crippen LogP) is 7.50. The number of aromatic nitrogens is 4. The number of halogens is 8. The van der Waals surface area contributed by atoms with Crippen LogP contribution in [-0.2, 0) is 12.4 Å². The van der Waals surface area contributed by atoms with Crippen molar-refractivity contribution in [1.82, 2.24) is 24.6 Å². The standard InChI is InChI=1S/C35H22F8N6O5/c1-33(36,37)15-48-28(16-5-7-20(8-6-16)53-21-13-18(34(38,39)40)12-19(14-21)35(41,42)43)25-26(46-47-27(25)31(48)51)22-3-2-4-23-29(22)54-32(52)49(23)24-11-17(30(44)50)9-10-45-24/h2-14,28H,15H2,1H3,(H2,44,50)(H,46,47)/t28-/m0/s1. The molecule has 0 spiro atoms. The van der Waals surface area contributed by atoms with Gasteiger partial charge in [0.05, 0.1) is 29.2 Å². The Morgan fingerprint density at radius 1 is 0.907 bits per heavy atom. The molecule has 11 nitrogen and oxygen atoms in total. The first-order chi connectivity index (χ1) is 25.3. The van der Waals surface area contributed by atoms with Crippen LogP contribution in [0.3, 0.4) is 0 Å². The monoisotopic (exact) mass is 758 g/mol. The van der Waals surface area contributed by atoms with E-state index in [0.29, 0.717) is 19.1 Å². The molecule has 3 aromatic heterocycles. The van der Waals surface area contributed by atoms with Crippen LogP contribution in [0.1, 0.15) is 56.1 Å². The van der Waals surface area contributed by atoms with E-state index in [4.69, 9.17) is 14.9 Å². The molecule has 0 bridgehead atoms. The number of ether oxygens (including phenoxy) is 1. The number of pyridine rings is 1. The van der Waals surface area contributed by atoms with Crippen molar-refractivity contribution < 1.29 is 53.9 Å². The van der Waals surface area contributed by atoms with Crippen molar-refractivity contribution in [2.75, 3.05) is 6.54 Å². The van der Waals surface area contributed by atoms with E-state index in [1.165, 1.54) is 60.8 Å². The highest BCUT2D eigenvalue weighted by Gasteiger charge is 2.46. The molecular weight excluding hydrogens is 736 g/mol. The molecule has 1 aliphatic rings. The number of oxazole rings is 1. The summed E-state index contributed by atoms with van der Waals surface area (Å²) in [6.07, 6.45) is -8.98. The van der Waals surface area contributed by atoms with Crippen molar-refractivity contribution in [3.05, 3.63) is 123 Å². The minimum Gasteiger partial charge on any atom is -0.457 e. The first-order valence-electron chi connectivity index (χ1n) is 15.6. The number of nitrogens with one attached hydrogen (secondary N) is 1. The van der Waals surface area contributed by atoms with E-state index in [9.17, 15) is 49.5 Å². The lowest BCUT2D eigenvalue weighted by atomic mass is 9.95. The third kappa shape index (κ3) is 6.52. The molecule has 19 heteroatoms. The third-order valence-corrected chi connectivity index (χ3v) is 8.43. The van der Waals surface area contributed by atoms with Gasteiger partial charge in [0.2, 0.25) is 5.91 Å². The molecular formula is C35H22F8N6O5. The quantitative estimate of drug-likeness (QED) is 0.153. The number of rotatable bonds is 8. The summed E-state index contributed by atoms with van der Waals surface area (Å²) in [6, 6.07) is 11.6. The van der Waals surface area contributed by atoms with Crippen LogP contribution < -0.4 is 16.2 Å². The van der Waals surface area contributed by atoms with Crippen molar-refractivity contribution >= 4 is 22.9 Å². The van der Waals surface area contributed by atoms with E-state index in [0.717, 1.165) is 9.47 Å². The molecule has 3 N–H and O–H groups in total. The summed E-state index contributed by atoms with van der Waals surface area (Å²) in [5.74, 6) is -6.95. The lowest BCUT2D eigenvalue weighted by Gasteiger charge is -2.28. The Balaban J connectivity index is 1.31. The van der Waals surface area contributed by atoms with Crippen LogP contribution in [0.25, 0.3) is 28.2 Å². The van der Waals surface area contributed by atoms with Gasteiger partial charge in [0.1, 0.15) is 28.7 Å². The molecule has 0 saturated heterocycles. The van der Waals surface area contributed by atoms with Crippen molar-refractivity contribution in [3.63, 3.8) is 0 Å². The number of primary amides is 1. The van der Waals surface area contributed by atoms with Gasteiger partial charge in [-0.25, -0.2) is 23.1 Å². The Hall–Kier alpha value is -6.53. The molecule has 1 aliphatic heterocycles. The maximum absolute atomic E-state index is 14.5. The average Bonchev–Trinajstić information content (AvgIpc) is 3.74. The van der Waals surface area contributed by atoms with Gasteiger partial charge in [-0.2, -0.15) is 31.4 Å². The van der Waals surface area contributed by atoms with Crippen LogP contribution >= 0.6 is 0 Å². The smallest absolute Gasteiger partial charge is 0.425 e. The third-order valence-electron chi connectivity index (χ3n) is 8.43. The van der Waals surface area contributed by atoms with Gasteiger partial charge in [-0.15, -0.1) is 0 Å². The fraction of sp³-hybridized carbons (Fsp3) is 0.171. The SMILES string of the molecule is CC(F)(F)CN1C(=O)c2[nH]nc(-c3cccc4c3oc(=O)n4-c3cc(C(N)=O)ccn3)c2[C@@H]1c1ccc(Oc2cc(C(F)(F)F)cc(C(F)(F)F)c2)cc1. The number of nitrogens with two attached hydrogens (primary N) is 1. The number of nitrogens with zero attached hydrogens (tertiary/aromatic N) is 4. The molecule has 0 fully saturated rings. The largest absolute Gasteiger partial charge is 0.457 e. The van der Waals surface area contributed by atoms with Crippen molar-refractivity contribution in [3.8, 4) is 28.6 Å². The summed E-state index contributed by atoms with van der Waals surface area (Å²) in [4.78, 5) is 43.6. The molecule has 0 radical (unpaired) electrons. The van der Waals surface area contributed by atoms with Gasteiger partial charge in [0.25, 0.3) is 11.8 Å². The van der Waals surface area contributed by atoms with Crippen LogP contribution in [0, 0.1) is 0 Å². The molecule has 3 aromatic carbocycles. The maximum Gasteiger partial charge on any atom is 0.425 e. The molecule has 6 aromatic rings. The number of benzene rings is 3. The number of para-hydroxylation sites is 1. The second-order valence-corrected chi connectivity index (χ2v) is 12.3. The van der Waals surface area contributed by atoms with Gasteiger partial charge in [0.15, 0.2) is 5.58 Å². The number of fused-ring (bicyclic) bond motifs is 2. The first-order valence-corrected chi connectivity index (χ1v) is 15.6. The summed E-state index contributed by atoms with van der Waals surface area (Å²) in [6.45, 7) is -0.470. The van der Waals surface area contributed by atoms with Gasteiger partial charge in [-0.3, -0.25) is 14.7 Å². The number of alkyl halides is 8. The highest BCUT2D eigenvalue weighted by molar-refractivity contribution is 6.02. The Morgan fingerprint density at radius 2 is 1.57 bits per heavy atom. The molecule has 0 aliphatic carbocycles. The topological polar surface area (TPSA) is 149 Å². The lowest BCUT2D eigenvalue weighted by molar-refractivity contribution is -0.143. The molecule has 7 rings (SSSR count). The number of aromatic amines is 1. The Bertz CT molecular complexity index is 2480. The number of amides is 2. The second-order valence-electron chi connectivity index (χ2n) is 12.3. The summed E-state index contributed by atoms with van der Waals surface area (Å²) < 4.78 is 122. The number of carbonyl (C=O) groups is 2. The summed E-state index contributed by atoms with van der Waals surface area (Å²) >= 11 is 0. The van der Waals surface area contributed by atoms with Crippen molar-refractivity contribution in [1.29, 1.82) is 0 Å². The second kappa shape index (κ2) is 12.6. The van der Waals surface area contributed by atoms with Gasteiger partial charge in [-0.05, 0) is 60.2 Å². The Labute approximate surface area is 296 Å². The molecule has 2 amide bonds. The normalized spacial score (nSPS) is 14.9. The van der Waals surface area contributed by atoms with Gasteiger partial charge >= 0.3 is 18.1 Å². The fourth-order valence-electron chi connectivity index (χ4n) is 6.19. The van der Waals surface area contributed by atoms with Crippen molar-refractivity contribution in [2.45, 2.75) is 31.2 Å². The first kappa shape index (κ1) is 35.9. The van der Waals surface area contributed by atoms with Crippen LogP contribution in [0.4, 0.5) is 35.1 Å². The predicted molar refractivity (Wildman–Crippen MR) is 172 cm³/mol. The van der Waals surface area contributed by atoms with Crippen molar-refractivity contribution in [2.24, 2.45) is 5.73 Å². The minimum absolute atomic E-state index is 0.00839. The van der Waals surface area contributed by atoms with Gasteiger partial charge < -0.3 is 19.8 Å².